The molecule has 168 valence electrons. The normalized spacial score (nSPS) is 10.9. The van der Waals surface area contributed by atoms with E-state index in [2.05, 4.69) is 21.2 Å². The topological polar surface area (TPSA) is 71.3 Å². The van der Waals surface area contributed by atoms with Crippen LogP contribution in [0.5, 0.6) is 11.5 Å². The molecule has 1 N–H and O–H groups in total. The highest BCUT2D eigenvalue weighted by molar-refractivity contribution is 9.10. The highest BCUT2D eigenvalue weighted by atomic mass is 79.9. The van der Waals surface area contributed by atoms with Crippen molar-refractivity contribution in [2.75, 3.05) is 19.0 Å². The lowest BCUT2D eigenvalue weighted by Gasteiger charge is -2.15. The van der Waals surface area contributed by atoms with Crippen LogP contribution in [0.4, 0.5) is 5.69 Å². The first-order chi connectivity index (χ1) is 15.9. The number of nitrogens with zero attached hydrogens (tertiary/aromatic N) is 1. The third-order valence-electron chi connectivity index (χ3n) is 4.83. The van der Waals surface area contributed by atoms with E-state index in [0.717, 1.165) is 15.6 Å². The quantitative estimate of drug-likeness (QED) is 0.264. The average Bonchev–Trinajstić information content (AvgIpc) is 2.81. The standard InChI is InChI=1S/C26H22BrClN2O3/c1-3-33-25-14-17(13-23(27)22(25)15-18-6-4-5-7-24(18)28)12-19(16-29)26(31)30-20-8-10-21(32-2)11-9-20/h4-14H,3,15H2,1-2H3,(H,30,31)/b19-12+. The van der Waals surface area contributed by atoms with Gasteiger partial charge in [-0.15, -0.1) is 0 Å². The van der Waals surface area contributed by atoms with E-state index in [-0.39, 0.29) is 5.57 Å². The number of nitriles is 1. The van der Waals surface area contributed by atoms with Gasteiger partial charge >= 0.3 is 0 Å². The van der Waals surface area contributed by atoms with Gasteiger partial charge in [0.05, 0.1) is 13.7 Å². The maximum Gasteiger partial charge on any atom is 0.266 e. The summed E-state index contributed by atoms with van der Waals surface area (Å²) in [7, 11) is 1.57. The molecule has 33 heavy (non-hydrogen) atoms. The Balaban J connectivity index is 1.89. The first kappa shape index (κ1) is 24.4. The van der Waals surface area contributed by atoms with Gasteiger partial charge in [-0.25, -0.2) is 0 Å². The van der Waals surface area contributed by atoms with Crippen molar-refractivity contribution in [3.05, 3.63) is 92.4 Å². The number of rotatable bonds is 8. The number of methoxy groups -OCH3 is 1. The summed E-state index contributed by atoms with van der Waals surface area (Å²) in [6.07, 6.45) is 2.11. The molecule has 3 rings (SSSR count). The van der Waals surface area contributed by atoms with Gasteiger partial charge in [0.15, 0.2) is 0 Å². The maximum absolute atomic E-state index is 12.7. The van der Waals surface area contributed by atoms with Crippen LogP contribution in [-0.2, 0) is 11.2 Å². The Labute approximate surface area is 206 Å². The SMILES string of the molecule is CCOc1cc(/C=C(\C#N)C(=O)Nc2ccc(OC)cc2)cc(Br)c1Cc1ccccc1Cl. The minimum Gasteiger partial charge on any atom is -0.497 e. The van der Waals surface area contributed by atoms with Crippen molar-refractivity contribution in [1.82, 2.24) is 0 Å². The molecule has 1 amide bonds. The molecule has 0 atom stereocenters. The summed E-state index contributed by atoms with van der Waals surface area (Å²) < 4.78 is 11.8. The molecule has 0 unspecified atom stereocenters. The Kier molecular flexibility index (Phi) is 8.53. The van der Waals surface area contributed by atoms with Crippen LogP contribution in [-0.4, -0.2) is 19.6 Å². The molecule has 3 aromatic carbocycles. The van der Waals surface area contributed by atoms with Crippen LogP contribution in [0.25, 0.3) is 6.08 Å². The first-order valence-corrected chi connectivity index (χ1v) is 11.4. The molecule has 0 aliphatic rings. The van der Waals surface area contributed by atoms with Gasteiger partial charge in [-0.1, -0.05) is 45.7 Å². The van der Waals surface area contributed by atoms with Crippen LogP contribution in [0.15, 0.2) is 70.7 Å². The smallest absolute Gasteiger partial charge is 0.266 e. The summed E-state index contributed by atoms with van der Waals surface area (Å²) >= 11 is 9.96. The summed E-state index contributed by atoms with van der Waals surface area (Å²) in [6, 6.07) is 20.2. The lowest BCUT2D eigenvalue weighted by atomic mass is 10.0. The van der Waals surface area contributed by atoms with E-state index in [0.29, 0.717) is 40.8 Å². The van der Waals surface area contributed by atoms with Gasteiger partial charge in [-0.05, 0) is 66.6 Å². The largest absolute Gasteiger partial charge is 0.497 e. The maximum atomic E-state index is 12.7. The van der Waals surface area contributed by atoms with Gasteiger partial charge in [0.1, 0.15) is 23.1 Å². The predicted octanol–water partition coefficient (Wildman–Crippen LogP) is 6.65. The number of carbonyl (C=O) groups is 1. The molecular formula is C26H22BrClN2O3. The zero-order valence-electron chi connectivity index (χ0n) is 18.2. The second kappa shape index (κ2) is 11.6. The lowest BCUT2D eigenvalue weighted by molar-refractivity contribution is -0.112. The minimum atomic E-state index is -0.503. The van der Waals surface area contributed by atoms with Gasteiger partial charge < -0.3 is 14.8 Å². The van der Waals surface area contributed by atoms with E-state index < -0.39 is 5.91 Å². The van der Waals surface area contributed by atoms with Crippen molar-refractivity contribution in [3.63, 3.8) is 0 Å². The number of anilines is 1. The Morgan fingerprint density at radius 1 is 1.18 bits per heavy atom. The third kappa shape index (κ3) is 6.38. The summed E-state index contributed by atoms with van der Waals surface area (Å²) in [6.45, 7) is 2.37. The van der Waals surface area contributed by atoms with Crippen molar-refractivity contribution in [1.29, 1.82) is 5.26 Å². The van der Waals surface area contributed by atoms with E-state index in [1.54, 1.807) is 31.4 Å². The zero-order valence-corrected chi connectivity index (χ0v) is 20.5. The van der Waals surface area contributed by atoms with Gasteiger partial charge in [0.25, 0.3) is 5.91 Å². The highest BCUT2D eigenvalue weighted by Crippen LogP contribution is 2.33. The number of benzene rings is 3. The molecule has 0 spiro atoms. The molecule has 0 fully saturated rings. The zero-order chi connectivity index (χ0) is 23.8. The highest BCUT2D eigenvalue weighted by Gasteiger charge is 2.15. The van der Waals surface area contributed by atoms with E-state index in [1.165, 1.54) is 6.08 Å². The number of halogens is 2. The lowest BCUT2D eigenvalue weighted by Crippen LogP contribution is -2.13. The number of hydrogen-bond acceptors (Lipinski definition) is 4. The van der Waals surface area contributed by atoms with E-state index in [1.807, 2.05) is 49.4 Å². The number of amides is 1. The molecule has 0 heterocycles. The van der Waals surface area contributed by atoms with Crippen molar-refractivity contribution in [2.45, 2.75) is 13.3 Å². The molecule has 0 aliphatic carbocycles. The van der Waals surface area contributed by atoms with Crippen LogP contribution in [0.3, 0.4) is 0 Å². The van der Waals surface area contributed by atoms with E-state index >= 15 is 0 Å². The summed E-state index contributed by atoms with van der Waals surface area (Å²) in [5.41, 5.74) is 3.10. The van der Waals surface area contributed by atoms with E-state index in [9.17, 15) is 10.1 Å². The molecule has 5 nitrogen and oxygen atoms in total. The fourth-order valence-electron chi connectivity index (χ4n) is 3.19. The van der Waals surface area contributed by atoms with Crippen LogP contribution in [0, 0.1) is 11.3 Å². The van der Waals surface area contributed by atoms with Crippen molar-refractivity contribution in [2.24, 2.45) is 0 Å². The summed E-state index contributed by atoms with van der Waals surface area (Å²) in [5.74, 6) is 0.831. The van der Waals surface area contributed by atoms with Gasteiger partial charge in [0, 0.05) is 27.2 Å². The molecule has 0 aromatic heterocycles. The van der Waals surface area contributed by atoms with Gasteiger partial charge in [0.2, 0.25) is 0 Å². The second-order valence-corrected chi connectivity index (χ2v) is 8.29. The van der Waals surface area contributed by atoms with Crippen LogP contribution in [0.2, 0.25) is 5.02 Å². The molecule has 0 saturated carbocycles. The summed E-state index contributed by atoms with van der Waals surface area (Å²) in [5, 5.41) is 13.0. The third-order valence-corrected chi connectivity index (χ3v) is 5.90. The van der Waals surface area contributed by atoms with Crippen LogP contribution >= 0.6 is 27.5 Å². The van der Waals surface area contributed by atoms with E-state index in [4.69, 9.17) is 21.1 Å². The Hall–Kier alpha value is -3.27. The Morgan fingerprint density at radius 3 is 2.55 bits per heavy atom. The number of nitrogens with one attached hydrogen (secondary N) is 1. The molecule has 7 heteroatoms. The number of hydrogen-bond donors (Lipinski definition) is 1. The Morgan fingerprint density at radius 2 is 1.91 bits per heavy atom. The van der Waals surface area contributed by atoms with Crippen molar-refractivity contribution >= 4 is 45.2 Å². The molecule has 3 aromatic rings. The monoisotopic (exact) mass is 524 g/mol. The molecule has 0 bridgehead atoms. The Bertz CT molecular complexity index is 1220. The van der Waals surface area contributed by atoms with Crippen LogP contribution < -0.4 is 14.8 Å². The van der Waals surface area contributed by atoms with Crippen molar-refractivity contribution in [3.8, 4) is 17.6 Å². The average molecular weight is 526 g/mol. The first-order valence-electron chi connectivity index (χ1n) is 10.2. The fourth-order valence-corrected chi connectivity index (χ4v) is 3.99. The molecule has 0 radical (unpaired) electrons. The fraction of sp³-hybridized carbons (Fsp3) is 0.154. The minimum absolute atomic E-state index is 0.0287. The van der Waals surface area contributed by atoms with Gasteiger partial charge in [-0.2, -0.15) is 5.26 Å². The number of carbonyl (C=O) groups excluding carboxylic acids is 1. The summed E-state index contributed by atoms with van der Waals surface area (Å²) in [4.78, 5) is 12.7. The molecule has 0 saturated heterocycles. The molecular weight excluding hydrogens is 504 g/mol. The molecule has 0 aliphatic heterocycles. The van der Waals surface area contributed by atoms with Crippen molar-refractivity contribution < 1.29 is 14.3 Å². The van der Waals surface area contributed by atoms with Gasteiger partial charge in [-0.3, -0.25) is 4.79 Å². The predicted molar refractivity (Wildman–Crippen MR) is 135 cm³/mol. The second-order valence-electron chi connectivity index (χ2n) is 7.03. The van der Waals surface area contributed by atoms with Crippen LogP contribution in [0.1, 0.15) is 23.6 Å². The number of ether oxygens (including phenoxy) is 2.